The molecule has 0 unspecified atom stereocenters. The van der Waals surface area contributed by atoms with Crippen LogP contribution in [0.4, 0.5) is 15.3 Å². The van der Waals surface area contributed by atoms with Crippen LogP contribution in [0.2, 0.25) is 0 Å². The second-order valence-electron chi connectivity index (χ2n) is 7.03. The Morgan fingerprint density at radius 2 is 1.42 bits per heavy atom. The molecule has 0 atom stereocenters. The molecule has 1 aromatic heterocycles. The highest BCUT2D eigenvalue weighted by Gasteiger charge is 2.33. The van der Waals surface area contributed by atoms with Crippen molar-refractivity contribution in [1.29, 1.82) is 0 Å². The zero-order valence-corrected chi connectivity index (χ0v) is 14.6. The van der Waals surface area contributed by atoms with Crippen molar-refractivity contribution in [2.24, 2.45) is 0 Å². The minimum Gasteiger partial charge on any atom is -0.478 e. The van der Waals surface area contributed by atoms with E-state index in [1.54, 1.807) is 41.5 Å². The van der Waals surface area contributed by atoms with Gasteiger partial charge in [-0.15, -0.1) is 0 Å². The van der Waals surface area contributed by atoms with Crippen molar-refractivity contribution in [3.63, 3.8) is 0 Å². The zero-order valence-electron chi connectivity index (χ0n) is 14.6. The smallest absolute Gasteiger partial charge is 0.424 e. The van der Waals surface area contributed by atoms with Crippen LogP contribution in [0.1, 0.15) is 51.9 Å². The van der Waals surface area contributed by atoms with Crippen LogP contribution in [-0.4, -0.2) is 39.4 Å². The number of carbonyl (C=O) groups excluding carboxylic acids is 2. The second-order valence-corrected chi connectivity index (χ2v) is 7.03. The number of hydrogen-bond acceptors (Lipinski definition) is 6. The normalized spacial score (nSPS) is 11.6. The van der Waals surface area contributed by atoms with Gasteiger partial charge in [-0.25, -0.2) is 14.4 Å². The predicted octanol–water partition coefficient (Wildman–Crippen LogP) is 3.46. The second kappa shape index (κ2) is 6.86. The summed E-state index contributed by atoms with van der Waals surface area (Å²) in [6, 6.07) is 1.14. The number of amides is 2. The van der Waals surface area contributed by atoms with Crippen LogP contribution in [0.3, 0.4) is 0 Å². The first-order valence-electron chi connectivity index (χ1n) is 7.24. The first kappa shape index (κ1) is 19.4. The maximum Gasteiger partial charge on any atom is 0.424 e. The first-order valence-corrected chi connectivity index (χ1v) is 7.24. The molecule has 0 fully saturated rings. The Labute approximate surface area is 140 Å². The number of pyridine rings is 1. The standard InChI is InChI=1S/C16H22N2O6/c1-15(2,3)23-13(21)18(14(22)24-16(4,5)6)11-7-10(12(19)20)8-17-9-11/h7-9H,1-6H3,(H,19,20). The number of ether oxygens (including phenoxy) is 2. The third kappa shape index (κ3) is 5.86. The molecule has 0 saturated heterocycles. The third-order valence-electron chi connectivity index (χ3n) is 2.38. The van der Waals surface area contributed by atoms with E-state index in [2.05, 4.69) is 4.98 Å². The van der Waals surface area contributed by atoms with Crippen molar-refractivity contribution in [2.75, 3.05) is 4.90 Å². The molecule has 0 saturated carbocycles. The quantitative estimate of drug-likeness (QED) is 0.880. The van der Waals surface area contributed by atoms with Crippen molar-refractivity contribution >= 4 is 23.8 Å². The lowest BCUT2D eigenvalue weighted by molar-refractivity contribution is 0.0429. The molecule has 0 bridgehead atoms. The number of aromatic carboxylic acids is 1. The Morgan fingerprint density at radius 3 is 1.79 bits per heavy atom. The molecule has 1 rings (SSSR count). The van der Waals surface area contributed by atoms with Crippen molar-refractivity contribution in [2.45, 2.75) is 52.7 Å². The highest BCUT2D eigenvalue weighted by molar-refractivity contribution is 6.09. The topological polar surface area (TPSA) is 106 Å². The number of carboxylic acid groups (broad SMARTS) is 1. The Balaban J connectivity index is 3.27. The average Bonchev–Trinajstić information content (AvgIpc) is 2.34. The molecule has 0 aliphatic carbocycles. The lowest BCUT2D eigenvalue weighted by Crippen LogP contribution is -2.44. The molecule has 8 nitrogen and oxygen atoms in total. The monoisotopic (exact) mass is 338 g/mol. The van der Waals surface area contributed by atoms with E-state index in [0.717, 1.165) is 12.3 Å². The van der Waals surface area contributed by atoms with Crippen molar-refractivity contribution in [1.82, 2.24) is 4.98 Å². The Kier molecular flexibility index (Phi) is 5.54. The molecule has 0 radical (unpaired) electrons. The molecule has 0 aliphatic rings. The van der Waals surface area contributed by atoms with Gasteiger partial charge in [0.05, 0.1) is 17.4 Å². The van der Waals surface area contributed by atoms with Crippen LogP contribution in [0.25, 0.3) is 0 Å². The average molecular weight is 338 g/mol. The van der Waals surface area contributed by atoms with E-state index in [4.69, 9.17) is 14.6 Å². The van der Waals surface area contributed by atoms with E-state index in [9.17, 15) is 14.4 Å². The minimum absolute atomic E-state index is 0.0570. The van der Waals surface area contributed by atoms with Crippen molar-refractivity contribution < 1.29 is 29.0 Å². The molecule has 0 aliphatic heterocycles. The summed E-state index contributed by atoms with van der Waals surface area (Å²) in [7, 11) is 0. The fourth-order valence-corrected chi connectivity index (χ4v) is 1.57. The molecule has 2 amide bonds. The first-order chi connectivity index (χ1) is 10.8. The molecule has 1 heterocycles. The molecule has 132 valence electrons. The molecular formula is C16H22N2O6. The van der Waals surface area contributed by atoms with Gasteiger partial charge in [0.15, 0.2) is 0 Å². The molecule has 0 spiro atoms. The molecule has 1 N–H and O–H groups in total. The molecule has 0 aromatic carbocycles. The summed E-state index contributed by atoms with van der Waals surface area (Å²) in [5, 5.41) is 9.05. The number of hydrogen-bond donors (Lipinski definition) is 1. The lowest BCUT2D eigenvalue weighted by atomic mass is 10.2. The summed E-state index contributed by atoms with van der Waals surface area (Å²) in [4.78, 5) is 40.2. The van der Waals surface area contributed by atoms with E-state index in [-0.39, 0.29) is 11.3 Å². The van der Waals surface area contributed by atoms with E-state index in [0.29, 0.717) is 4.90 Å². The summed E-state index contributed by atoms with van der Waals surface area (Å²) in [6.07, 6.45) is 0.316. The number of carbonyl (C=O) groups is 3. The van der Waals surface area contributed by atoms with Gasteiger partial charge in [0, 0.05) is 6.20 Å². The van der Waals surface area contributed by atoms with Crippen LogP contribution in [-0.2, 0) is 9.47 Å². The van der Waals surface area contributed by atoms with Crippen LogP contribution in [0.5, 0.6) is 0 Å². The van der Waals surface area contributed by atoms with E-state index in [1.165, 1.54) is 6.20 Å². The third-order valence-corrected chi connectivity index (χ3v) is 2.38. The number of rotatable bonds is 2. The maximum atomic E-state index is 12.4. The van der Waals surface area contributed by atoms with E-state index < -0.39 is 29.4 Å². The van der Waals surface area contributed by atoms with Gasteiger partial charge in [0.2, 0.25) is 0 Å². The largest absolute Gasteiger partial charge is 0.478 e. The summed E-state index contributed by atoms with van der Waals surface area (Å²) in [5.74, 6) is -1.24. The molecule has 8 heteroatoms. The number of anilines is 1. The molecule has 1 aromatic rings. The van der Waals surface area contributed by atoms with Gasteiger partial charge in [-0.1, -0.05) is 0 Å². The van der Waals surface area contributed by atoms with E-state index >= 15 is 0 Å². The maximum absolute atomic E-state index is 12.4. The minimum atomic E-state index is -1.24. The van der Waals surface area contributed by atoms with Crippen molar-refractivity contribution in [3.05, 3.63) is 24.0 Å². The molecular weight excluding hydrogens is 316 g/mol. The summed E-state index contributed by atoms with van der Waals surface area (Å²) in [6.45, 7) is 9.86. The highest BCUT2D eigenvalue weighted by atomic mass is 16.6. The van der Waals surface area contributed by atoms with Gasteiger partial charge in [-0.2, -0.15) is 4.90 Å². The van der Waals surface area contributed by atoms with Gasteiger partial charge in [-0.3, -0.25) is 4.98 Å². The van der Waals surface area contributed by atoms with Crippen LogP contribution in [0.15, 0.2) is 18.5 Å². The predicted molar refractivity (Wildman–Crippen MR) is 86.1 cm³/mol. The fourth-order valence-electron chi connectivity index (χ4n) is 1.57. The Bertz CT molecular complexity index is 615. The van der Waals surface area contributed by atoms with E-state index in [1.807, 2.05) is 0 Å². The highest BCUT2D eigenvalue weighted by Crippen LogP contribution is 2.22. The van der Waals surface area contributed by atoms with Crippen molar-refractivity contribution in [3.8, 4) is 0 Å². The number of carboxylic acids is 1. The van der Waals surface area contributed by atoms with Gasteiger partial charge >= 0.3 is 18.2 Å². The Hall–Kier alpha value is -2.64. The SMILES string of the molecule is CC(C)(C)OC(=O)N(C(=O)OC(C)(C)C)c1cncc(C(=O)O)c1. The number of imide groups is 1. The number of aromatic nitrogens is 1. The van der Waals surface area contributed by atoms with Gasteiger partial charge in [0.25, 0.3) is 0 Å². The lowest BCUT2D eigenvalue weighted by Gasteiger charge is -2.28. The van der Waals surface area contributed by atoms with Gasteiger partial charge < -0.3 is 14.6 Å². The van der Waals surface area contributed by atoms with Gasteiger partial charge in [-0.05, 0) is 47.6 Å². The fraction of sp³-hybridized carbons (Fsp3) is 0.500. The van der Waals surface area contributed by atoms with Gasteiger partial charge in [0.1, 0.15) is 11.2 Å². The zero-order chi connectivity index (χ0) is 18.7. The summed E-state index contributed by atoms with van der Waals surface area (Å²) < 4.78 is 10.4. The summed E-state index contributed by atoms with van der Waals surface area (Å²) >= 11 is 0. The summed E-state index contributed by atoms with van der Waals surface area (Å²) in [5.41, 5.74) is -1.94. The van der Waals surface area contributed by atoms with Crippen LogP contribution in [0, 0.1) is 0 Å². The molecule has 24 heavy (non-hydrogen) atoms. The van der Waals surface area contributed by atoms with Crippen LogP contribution >= 0.6 is 0 Å². The Morgan fingerprint density at radius 1 is 0.958 bits per heavy atom. The number of nitrogens with zero attached hydrogens (tertiary/aromatic N) is 2. The van der Waals surface area contributed by atoms with Crippen LogP contribution < -0.4 is 4.90 Å².